The van der Waals surface area contributed by atoms with Crippen molar-refractivity contribution in [1.29, 1.82) is 0 Å². The highest BCUT2D eigenvalue weighted by molar-refractivity contribution is 6.29. The SMILES string of the molecule is Cn1nc(-c2cnc(Cl)cc2NC2CCC(C(C)(C)O)CC2)cc1C(F)(F)F. The molecule has 1 aliphatic carbocycles. The Kier molecular flexibility index (Phi) is 5.64. The fourth-order valence-electron chi connectivity index (χ4n) is 3.78. The second kappa shape index (κ2) is 7.55. The van der Waals surface area contributed by atoms with Crippen LogP contribution in [0.4, 0.5) is 18.9 Å². The summed E-state index contributed by atoms with van der Waals surface area (Å²) in [5, 5.41) is 17.9. The number of aryl methyl sites for hydroxylation is 1. The molecule has 0 radical (unpaired) electrons. The summed E-state index contributed by atoms with van der Waals surface area (Å²) in [6.07, 6.45) is 0.404. The van der Waals surface area contributed by atoms with Crippen LogP contribution < -0.4 is 5.32 Å². The second-order valence-corrected chi connectivity index (χ2v) is 8.32. The summed E-state index contributed by atoms with van der Waals surface area (Å²) in [6, 6.07) is 2.77. The lowest BCUT2D eigenvalue weighted by molar-refractivity contribution is -0.143. The summed E-state index contributed by atoms with van der Waals surface area (Å²) in [5.74, 6) is 0.233. The Hall–Kier alpha value is -1.80. The van der Waals surface area contributed by atoms with E-state index >= 15 is 0 Å². The van der Waals surface area contributed by atoms with E-state index < -0.39 is 17.5 Å². The number of pyridine rings is 1. The molecule has 0 amide bonds. The van der Waals surface area contributed by atoms with Crippen LogP contribution in [0.1, 0.15) is 45.2 Å². The summed E-state index contributed by atoms with van der Waals surface area (Å²) in [4.78, 5) is 4.02. The Labute approximate surface area is 166 Å². The first-order valence-electron chi connectivity index (χ1n) is 9.21. The van der Waals surface area contributed by atoms with Gasteiger partial charge < -0.3 is 10.4 Å². The van der Waals surface area contributed by atoms with Crippen molar-refractivity contribution in [1.82, 2.24) is 14.8 Å². The summed E-state index contributed by atoms with van der Waals surface area (Å²) >= 11 is 6.02. The maximum atomic E-state index is 13.1. The van der Waals surface area contributed by atoms with E-state index in [9.17, 15) is 18.3 Å². The van der Waals surface area contributed by atoms with Crippen LogP contribution >= 0.6 is 11.6 Å². The Bertz CT molecular complexity index is 837. The Morgan fingerprint density at radius 3 is 2.36 bits per heavy atom. The van der Waals surface area contributed by atoms with E-state index in [1.807, 2.05) is 13.8 Å². The number of hydrogen-bond acceptors (Lipinski definition) is 4. The number of rotatable bonds is 4. The number of hydrogen-bond donors (Lipinski definition) is 2. The van der Waals surface area contributed by atoms with E-state index in [1.165, 1.54) is 13.2 Å². The molecule has 0 spiro atoms. The standard InChI is InChI=1S/C19H24ClF3N4O/c1-18(2,28)11-4-6-12(7-5-11)25-14-9-17(20)24-10-13(14)15-8-16(19(21,22)23)27(3)26-15/h8-12,28H,4-7H2,1-3H3,(H,24,25). The van der Waals surface area contributed by atoms with Gasteiger partial charge in [0, 0.05) is 30.5 Å². The summed E-state index contributed by atoms with van der Waals surface area (Å²) in [5.41, 5.74) is -0.266. The molecule has 1 aliphatic rings. The average Bonchev–Trinajstić information content (AvgIpc) is 2.96. The largest absolute Gasteiger partial charge is 0.433 e. The van der Waals surface area contributed by atoms with Gasteiger partial charge in [-0.05, 0) is 57.6 Å². The van der Waals surface area contributed by atoms with Gasteiger partial charge in [0.25, 0.3) is 0 Å². The third-order valence-electron chi connectivity index (χ3n) is 5.40. The predicted octanol–water partition coefficient (Wildman–Crippen LogP) is 4.90. The number of halogens is 4. The zero-order valence-electron chi connectivity index (χ0n) is 16.0. The maximum absolute atomic E-state index is 13.1. The average molecular weight is 417 g/mol. The molecule has 28 heavy (non-hydrogen) atoms. The maximum Gasteiger partial charge on any atom is 0.433 e. The molecule has 2 aromatic rings. The third-order valence-corrected chi connectivity index (χ3v) is 5.61. The number of alkyl halides is 3. The van der Waals surface area contributed by atoms with Crippen molar-refractivity contribution in [2.45, 2.75) is 57.3 Å². The summed E-state index contributed by atoms with van der Waals surface area (Å²) in [7, 11) is 1.26. The van der Waals surface area contributed by atoms with Crippen LogP contribution in [0.2, 0.25) is 5.15 Å². The zero-order chi connectivity index (χ0) is 20.7. The van der Waals surface area contributed by atoms with Gasteiger partial charge in [-0.2, -0.15) is 18.3 Å². The van der Waals surface area contributed by atoms with Crippen LogP contribution in [0.3, 0.4) is 0 Å². The van der Waals surface area contributed by atoms with Gasteiger partial charge in [-0.3, -0.25) is 4.68 Å². The van der Waals surface area contributed by atoms with Gasteiger partial charge in [-0.25, -0.2) is 4.98 Å². The normalized spacial score (nSPS) is 21.0. The highest BCUT2D eigenvalue weighted by Crippen LogP contribution is 2.37. The minimum absolute atomic E-state index is 0.140. The fraction of sp³-hybridized carbons (Fsp3) is 0.579. The third kappa shape index (κ3) is 4.60. The van der Waals surface area contributed by atoms with Crippen molar-refractivity contribution in [3.05, 3.63) is 29.2 Å². The molecule has 1 fully saturated rings. The van der Waals surface area contributed by atoms with Crippen molar-refractivity contribution in [3.63, 3.8) is 0 Å². The van der Waals surface area contributed by atoms with Crippen molar-refractivity contribution in [2.75, 3.05) is 5.32 Å². The van der Waals surface area contributed by atoms with Gasteiger partial charge >= 0.3 is 6.18 Å². The smallest absolute Gasteiger partial charge is 0.390 e. The quantitative estimate of drug-likeness (QED) is 0.696. The van der Waals surface area contributed by atoms with E-state index in [1.54, 1.807) is 6.07 Å². The molecule has 1 saturated carbocycles. The van der Waals surface area contributed by atoms with Crippen LogP contribution in [0, 0.1) is 5.92 Å². The predicted molar refractivity (Wildman–Crippen MR) is 102 cm³/mol. The lowest BCUT2D eigenvalue weighted by Crippen LogP contribution is -2.37. The van der Waals surface area contributed by atoms with Crippen LogP contribution in [0.15, 0.2) is 18.3 Å². The number of nitrogens with one attached hydrogen (secondary N) is 1. The minimum atomic E-state index is -4.48. The molecule has 0 atom stereocenters. The van der Waals surface area contributed by atoms with Crippen molar-refractivity contribution in [3.8, 4) is 11.3 Å². The Morgan fingerprint density at radius 2 is 1.82 bits per heavy atom. The molecule has 0 bridgehead atoms. The first-order valence-corrected chi connectivity index (χ1v) is 9.59. The molecule has 0 unspecified atom stereocenters. The van der Waals surface area contributed by atoms with E-state index in [-0.39, 0.29) is 22.8 Å². The van der Waals surface area contributed by atoms with Crippen LogP contribution in [0.5, 0.6) is 0 Å². The highest BCUT2D eigenvalue weighted by Gasteiger charge is 2.35. The zero-order valence-corrected chi connectivity index (χ0v) is 16.8. The lowest BCUT2D eigenvalue weighted by Gasteiger charge is -2.36. The highest BCUT2D eigenvalue weighted by atomic mass is 35.5. The lowest BCUT2D eigenvalue weighted by atomic mass is 9.77. The monoisotopic (exact) mass is 416 g/mol. The van der Waals surface area contributed by atoms with Crippen molar-refractivity contribution in [2.24, 2.45) is 13.0 Å². The van der Waals surface area contributed by atoms with E-state index in [2.05, 4.69) is 15.4 Å². The van der Waals surface area contributed by atoms with Gasteiger partial charge in [-0.15, -0.1) is 0 Å². The fourth-order valence-corrected chi connectivity index (χ4v) is 3.94. The Morgan fingerprint density at radius 1 is 1.18 bits per heavy atom. The van der Waals surface area contributed by atoms with Gasteiger partial charge in [0.1, 0.15) is 10.8 Å². The molecule has 2 N–H and O–H groups in total. The molecule has 2 aromatic heterocycles. The molecular formula is C19H24ClF3N4O. The molecular weight excluding hydrogens is 393 g/mol. The number of anilines is 1. The second-order valence-electron chi connectivity index (χ2n) is 7.94. The van der Waals surface area contributed by atoms with E-state index in [0.717, 1.165) is 36.4 Å². The summed E-state index contributed by atoms with van der Waals surface area (Å²) < 4.78 is 40.2. The number of aliphatic hydroxyl groups is 1. The Balaban J connectivity index is 1.83. The van der Waals surface area contributed by atoms with Crippen LogP contribution in [-0.2, 0) is 13.2 Å². The molecule has 9 heteroatoms. The first-order chi connectivity index (χ1) is 12.9. The van der Waals surface area contributed by atoms with Crippen LogP contribution in [0.25, 0.3) is 11.3 Å². The molecule has 0 saturated heterocycles. The molecule has 2 heterocycles. The molecule has 0 aliphatic heterocycles. The van der Waals surface area contributed by atoms with E-state index in [0.29, 0.717) is 11.3 Å². The minimum Gasteiger partial charge on any atom is -0.390 e. The molecule has 0 aromatic carbocycles. The number of nitrogens with zero attached hydrogens (tertiary/aromatic N) is 3. The van der Waals surface area contributed by atoms with E-state index in [4.69, 9.17) is 11.6 Å². The van der Waals surface area contributed by atoms with Gasteiger partial charge in [0.05, 0.1) is 11.3 Å². The van der Waals surface area contributed by atoms with Crippen molar-refractivity contribution >= 4 is 17.3 Å². The van der Waals surface area contributed by atoms with Gasteiger partial charge in [-0.1, -0.05) is 11.6 Å². The van der Waals surface area contributed by atoms with Gasteiger partial charge in [0.15, 0.2) is 0 Å². The topological polar surface area (TPSA) is 63.0 Å². The molecule has 154 valence electrons. The number of aromatic nitrogens is 3. The first kappa shape index (κ1) is 20.9. The van der Waals surface area contributed by atoms with Gasteiger partial charge in [0.2, 0.25) is 0 Å². The van der Waals surface area contributed by atoms with Crippen molar-refractivity contribution < 1.29 is 18.3 Å². The summed E-state index contributed by atoms with van der Waals surface area (Å²) in [6.45, 7) is 3.65. The molecule has 5 nitrogen and oxygen atoms in total. The van der Waals surface area contributed by atoms with Crippen LogP contribution in [-0.4, -0.2) is 31.5 Å². The molecule has 3 rings (SSSR count).